The normalized spacial score (nSPS) is 17.4. The lowest BCUT2D eigenvalue weighted by Crippen LogP contribution is -2.17. The maximum Gasteiger partial charge on any atom is 0.343 e. The van der Waals surface area contributed by atoms with Gasteiger partial charge in [-0.05, 0) is 37.1 Å². The number of hydrogen-bond donors (Lipinski definition) is 0. The third-order valence-corrected chi connectivity index (χ3v) is 5.19. The molecular formula is C24H31FN2O4. The van der Waals surface area contributed by atoms with Crippen LogP contribution < -0.4 is 9.47 Å². The van der Waals surface area contributed by atoms with E-state index in [1.807, 2.05) is 6.92 Å². The molecule has 3 rings (SSSR count). The maximum absolute atomic E-state index is 14.3. The van der Waals surface area contributed by atoms with E-state index in [4.69, 9.17) is 14.2 Å². The van der Waals surface area contributed by atoms with Crippen LogP contribution in [0.25, 0.3) is 11.4 Å². The number of rotatable bonds is 13. The maximum atomic E-state index is 14.3. The molecular weight excluding hydrogens is 399 g/mol. The number of epoxide rings is 1. The number of unbranched alkanes of at least 4 members (excludes halogenated alkanes) is 5. The van der Waals surface area contributed by atoms with Gasteiger partial charge >= 0.3 is 5.97 Å². The zero-order valence-electron chi connectivity index (χ0n) is 18.3. The molecule has 0 N–H and O–H groups in total. The molecule has 0 amide bonds. The standard InChI is InChI=1S/C24H31FN2O4/c1-3-5-6-7-8-9-15-29-20-16-26-23(27-22(20)25)17-11-13-18(14-12-17)30-24(28)21-19(31-21)10-4-2/h11-14,16,19,21H,3-10,15H2,1-2H3/t19-,21-/m1/s1. The van der Waals surface area contributed by atoms with Crippen molar-refractivity contribution < 1.29 is 23.4 Å². The highest BCUT2D eigenvalue weighted by atomic mass is 19.1. The minimum atomic E-state index is -0.681. The zero-order chi connectivity index (χ0) is 22.1. The Morgan fingerprint density at radius 1 is 1.06 bits per heavy atom. The predicted molar refractivity (Wildman–Crippen MR) is 116 cm³/mol. The van der Waals surface area contributed by atoms with Crippen LogP contribution in [0.2, 0.25) is 0 Å². The van der Waals surface area contributed by atoms with E-state index in [0.29, 0.717) is 17.9 Å². The highest BCUT2D eigenvalue weighted by Gasteiger charge is 2.45. The third kappa shape index (κ3) is 6.99. The molecule has 2 aromatic rings. The van der Waals surface area contributed by atoms with E-state index in [-0.39, 0.29) is 23.6 Å². The second-order valence-electron chi connectivity index (χ2n) is 7.79. The van der Waals surface area contributed by atoms with Gasteiger partial charge in [-0.25, -0.2) is 9.78 Å². The van der Waals surface area contributed by atoms with E-state index >= 15 is 0 Å². The van der Waals surface area contributed by atoms with Crippen molar-refractivity contribution in [3.8, 4) is 22.9 Å². The predicted octanol–water partition coefficient (Wildman–Crippen LogP) is 5.49. The minimum Gasteiger partial charge on any atom is -0.487 e. The first-order chi connectivity index (χ1) is 15.1. The van der Waals surface area contributed by atoms with Gasteiger partial charge in [0.05, 0.1) is 18.9 Å². The van der Waals surface area contributed by atoms with Crippen LogP contribution in [-0.2, 0) is 9.53 Å². The summed E-state index contributed by atoms with van der Waals surface area (Å²) >= 11 is 0. The molecule has 1 aliphatic heterocycles. The van der Waals surface area contributed by atoms with Crippen molar-refractivity contribution in [2.24, 2.45) is 0 Å². The van der Waals surface area contributed by atoms with Gasteiger partial charge in [0.2, 0.25) is 0 Å². The van der Waals surface area contributed by atoms with Crippen molar-refractivity contribution in [2.45, 2.75) is 77.4 Å². The highest BCUT2D eigenvalue weighted by molar-refractivity contribution is 5.80. The van der Waals surface area contributed by atoms with Crippen LogP contribution in [0.15, 0.2) is 30.5 Å². The quantitative estimate of drug-likeness (QED) is 0.137. The molecule has 0 bridgehead atoms. The summed E-state index contributed by atoms with van der Waals surface area (Å²) in [7, 11) is 0. The van der Waals surface area contributed by atoms with Crippen LogP contribution in [0.3, 0.4) is 0 Å². The van der Waals surface area contributed by atoms with Crippen LogP contribution >= 0.6 is 0 Å². The van der Waals surface area contributed by atoms with Crippen LogP contribution in [0.1, 0.15) is 65.2 Å². The van der Waals surface area contributed by atoms with Crippen molar-refractivity contribution in [2.75, 3.05) is 6.61 Å². The van der Waals surface area contributed by atoms with Gasteiger partial charge in [0.1, 0.15) is 5.75 Å². The topological polar surface area (TPSA) is 73.8 Å². The molecule has 2 heterocycles. The first kappa shape index (κ1) is 23.1. The number of halogens is 1. The number of aromatic nitrogens is 2. The Labute approximate surface area is 183 Å². The average Bonchev–Trinajstić information content (AvgIpc) is 3.54. The fraction of sp³-hybridized carbons (Fsp3) is 0.542. The summed E-state index contributed by atoms with van der Waals surface area (Å²) in [5.74, 6) is -0.358. The van der Waals surface area contributed by atoms with E-state index < -0.39 is 12.1 Å². The van der Waals surface area contributed by atoms with Crippen LogP contribution in [0.4, 0.5) is 4.39 Å². The number of ether oxygens (including phenoxy) is 3. The molecule has 31 heavy (non-hydrogen) atoms. The fourth-order valence-electron chi connectivity index (χ4n) is 3.35. The number of benzene rings is 1. The average molecular weight is 431 g/mol. The van der Waals surface area contributed by atoms with Crippen molar-refractivity contribution in [3.63, 3.8) is 0 Å². The Bertz CT molecular complexity index is 844. The van der Waals surface area contributed by atoms with Crippen molar-refractivity contribution in [1.29, 1.82) is 0 Å². The summed E-state index contributed by atoms with van der Waals surface area (Å²) in [6.07, 6.45) is 9.50. The molecule has 6 nitrogen and oxygen atoms in total. The number of nitrogens with zero attached hydrogens (tertiary/aromatic N) is 2. The molecule has 168 valence electrons. The lowest BCUT2D eigenvalue weighted by atomic mass is 10.1. The summed E-state index contributed by atoms with van der Waals surface area (Å²) < 4.78 is 30.4. The molecule has 2 atom stereocenters. The van der Waals surface area contributed by atoms with Gasteiger partial charge in [0.25, 0.3) is 5.95 Å². The van der Waals surface area contributed by atoms with Gasteiger partial charge in [-0.15, -0.1) is 0 Å². The Balaban J connectivity index is 1.47. The molecule has 1 aliphatic rings. The van der Waals surface area contributed by atoms with E-state index in [2.05, 4.69) is 16.9 Å². The van der Waals surface area contributed by atoms with Crippen LogP contribution in [0.5, 0.6) is 11.5 Å². The Hall–Kier alpha value is -2.54. The van der Waals surface area contributed by atoms with Gasteiger partial charge in [-0.1, -0.05) is 52.4 Å². The Morgan fingerprint density at radius 2 is 1.81 bits per heavy atom. The van der Waals surface area contributed by atoms with E-state index in [1.165, 1.54) is 31.9 Å². The number of esters is 1. The van der Waals surface area contributed by atoms with Gasteiger partial charge in [0, 0.05) is 5.56 Å². The second kappa shape index (κ2) is 11.7. The number of carbonyl (C=O) groups excluding carboxylic acids is 1. The molecule has 1 aromatic carbocycles. The summed E-state index contributed by atoms with van der Waals surface area (Å²) in [6, 6.07) is 6.64. The highest BCUT2D eigenvalue weighted by Crippen LogP contribution is 2.29. The largest absolute Gasteiger partial charge is 0.487 e. The van der Waals surface area contributed by atoms with Crippen molar-refractivity contribution in [1.82, 2.24) is 9.97 Å². The monoisotopic (exact) mass is 430 g/mol. The molecule has 1 saturated heterocycles. The first-order valence-electron chi connectivity index (χ1n) is 11.2. The van der Waals surface area contributed by atoms with Crippen molar-refractivity contribution >= 4 is 5.97 Å². The number of hydrogen-bond acceptors (Lipinski definition) is 6. The molecule has 0 saturated carbocycles. The SMILES string of the molecule is CCCCCCCCOc1cnc(-c2ccc(OC(=O)[C@@H]3O[C@@H]3CCC)cc2)nc1F. The summed E-state index contributed by atoms with van der Waals surface area (Å²) in [6.45, 7) is 4.68. The molecule has 0 radical (unpaired) electrons. The van der Waals surface area contributed by atoms with E-state index in [1.54, 1.807) is 24.3 Å². The second-order valence-corrected chi connectivity index (χ2v) is 7.79. The lowest BCUT2D eigenvalue weighted by Gasteiger charge is -2.08. The lowest BCUT2D eigenvalue weighted by molar-refractivity contribution is -0.135. The molecule has 0 spiro atoms. The van der Waals surface area contributed by atoms with Crippen LogP contribution in [-0.4, -0.2) is 34.8 Å². The third-order valence-electron chi connectivity index (χ3n) is 5.19. The van der Waals surface area contributed by atoms with Gasteiger partial charge in [-0.3, -0.25) is 0 Å². The Morgan fingerprint density at radius 3 is 2.52 bits per heavy atom. The van der Waals surface area contributed by atoms with Gasteiger partial charge in [0.15, 0.2) is 17.7 Å². The van der Waals surface area contributed by atoms with Gasteiger partial charge in [-0.2, -0.15) is 9.37 Å². The van der Waals surface area contributed by atoms with Crippen molar-refractivity contribution in [3.05, 3.63) is 36.4 Å². The van der Waals surface area contributed by atoms with E-state index in [9.17, 15) is 9.18 Å². The Kier molecular flexibility index (Phi) is 8.76. The molecule has 7 heteroatoms. The zero-order valence-corrected chi connectivity index (χ0v) is 18.3. The fourth-order valence-corrected chi connectivity index (χ4v) is 3.35. The summed E-state index contributed by atoms with van der Waals surface area (Å²) in [5.41, 5.74) is 0.618. The smallest absolute Gasteiger partial charge is 0.343 e. The van der Waals surface area contributed by atoms with Crippen LogP contribution in [0, 0.1) is 5.95 Å². The van der Waals surface area contributed by atoms with Gasteiger partial charge < -0.3 is 14.2 Å². The molecule has 0 unspecified atom stereocenters. The number of carbonyl (C=O) groups is 1. The molecule has 1 fully saturated rings. The first-order valence-corrected chi connectivity index (χ1v) is 11.2. The minimum absolute atomic E-state index is 0.0325. The molecule has 1 aromatic heterocycles. The molecule has 0 aliphatic carbocycles. The summed E-state index contributed by atoms with van der Waals surface area (Å²) in [4.78, 5) is 20.2. The summed E-state index contributed by atoms with van der Waals surface area (Å²) in [5, 5.41) is 0. The van der Waals surface area contributed by atoms with E-state index in [0.717, 1.165) is 25.7 Å².